The molecule has 0 aromatic carbocycles. The number of aliphatic hydroxyl groups is 5. The predicted octanol–water partition coefficient (Wildman–Crippen LogP) is -6.11. The fraction of sp³-hybridized carbons (Fsp3) is 0.750. The third-order valence-corrected chi connectivity index (χ3v) is 2.05. The van der Waals surface area contributed by atoms with E-state index in [1.807, 2.05) is 0 Å². The van der Waals surface area contributed by atoms with Crippen molar-refractivity contribution in [3.63, 3.8) is 0 Å². The Morgan fingerprint density at radius 2 is 1.09 bits per heavy atom. The van der Waals surface area contributed by atoms with Gasteiger partial charge in [0.15, 0.2) is 0 Å². The minimum absolute atomic E-state index is 0. The van der Waals surface area contributed by atoms with Gasteiger partial charge in [0, 0.05) is 6.61 Å². The van der Waals surface area contributed by atoms with Crippen LogP contribution in [0.25, 0.3) is 0 Å². The third kappa shape index (κ3) is 24.1. The van der Waals surface area contributed by atoms with Gasteiger partial charge in [-0.3, -0.25) is 14.9 Å². The fourth-order valence-electron chi connectivity index (χ4n) is 0.576. The SMILES string of the molecule is O=C(O)CNCC(=O)O.OCC(CO)(CO)CO.[CH2-]CCO.[Na+]. The Morgan fingerprint density at radius 1 is 0.826 bits per heavy atom. The monoisotopic (exact) mass is 351 g/mol. The van der Waals surface area contributed by atoms with Crippen LogP contribution in [0.15, 0.2) is 0 Å². The zero-order valence-corrected chi connectivity index (χ0v) is 15.3. The molecular formula is C12H26NNaO9. The number of rotatable bonds is 9. The molecule has 134 valence electrons. The van der Waals surface area contributed by atoms with E-state index in [0.717, 1.165) is 0 Å². The van der Waals surface area contributed by atoms with Gasteiger partial charge < -0.3 is 42.7 Å². The second-order valence-electron chi connectivity index (χ2n) is 4.10. The average molecular weight is 351 g/mol. The molecular weight excluding hydrogens is 325 g/mol. The summed E-state index contributed by atoms with van der Waals surface area (Å²) in [4.78, 5) is 19.5. The molecule has 0 saturated carbocycles. The Hall–Kier alpha value is -0.300. The smallest absolute Gasteiger partial charge is 0.480 e. The van der Waals surface area contributed by atoms with E-state index in [1.54, 1.807) is 0 Å². The maximum atomic E-state index is 9.73. The Labute approximate surface area is 157 Å². The molecule has 0 aliphatic rings. The van der Waals surface area contributed by atoms with E-state index in [2.05, 4.69) is 12.2 Å². The number of carbonyl (C=O) groups is 2. The van der Waals surface area contributed by atoms with Crippen LogP contribution in [-0.4, -0.2) is 93.8 Å². The zero-order chi connectivity index (χ0) is 18.0. The van der Waals surface area contributed by atoms with E-state index < -0.39 is 43.8 Å². The molecule has 0 aromatic heterocycles. The third-order valence-electron chi connectivity index (χ3n) is 2.05. The van der Waals surface area contributed by atoms with Crippen molar-refractivity contribution in [2.75, 3.05) is 46.1 Å². The fourth-order valence-corrected chi connectivity index (χ4v) is 0.576. The van der Waals surface area contributed by atoms with Gasteiger partial charge in [-0.25, -0.2) is 0 Å². The van der Waals surface area contributed by atoms with Crippen LogP contribution in [0, 0.1) is 12.3 Å². The molecule has 0 radical (unpaired) electrons. The molecule has 0 heterocycles. The standard InChI is InChI=1S/C5H12O4.C4H7NO4.C3H7O.Na/c6-1-5(2-7,3-8)4-9;6-3(7)1-5-2-4(8)9;1-2-3-4;/h6-9H,1-4H2;5H,1-2H2,(H,6,7)(H,8,9);4H,1-3H2;/q;;-1;+1. The molecule has 23 heavy (non-hydrogen) atoms. The summed E-state index contributed by atoms with van der Waals surface area (Å²) in [7, 11) is 0. The van der Waals surface area contributed by atoms with Gasteiger partial charge in [0.05, 0.1) is 44.9 Å². The van der Waals surface area contributed by atoms with Gasteiger partial charge in [0.1, 0.15) is 0 Å². The van der Waals surface area contributed by atoms with Crippen molar-refractivity contribution in [2.24, 2.45) is 5.41 Å². The molecule has 10 nitrogen and oxygen atoms in total. The van der Waals surface area contributed by atoms with Gasteiger partial charge in [-0.15, -0.1) is 0 Å². The first kappa shape index (κ1) is 30.6. The van der Waals surface area contributed by atoms with Gasteiger partial charge >= 0.3 is 41.5 Å². The van der Waals surface area contributed by atoms with E-state index in [9.17, 15) is 9.59 Å². The second kappa shape index (κ2) is 21.7. The van der Waals surface area contributed by atoms with Crippen LogP contribution in [-0.2, 0) is 9.59 Å². The number of hydrogen-bond donors (Lipinski definition) is 8. The molecule has 0 bridgehead atoms. The number of nitrogens with one attached hydrogen (secondary N) is 1. The molecule has 0 saturated heterocycles. The van der Waals surface area contributed by atoms with E-state index >= 15 is 0 Å². The summed E-state index contributed by atoms with van der Waals surface area (Å²) >= 11 is 0. The topological polar surface area (TPSA) is 188 Å². The van der Waals surface area contributed by atoms with Gasteiger partial charge in [0.25, 0.3) is 0 Å². The normalized spacial score (nSPS) is 9.48. The van der Waals surface area contributed by atoms with E-state index in [0.29, 0.717) is 6.42 Å². The molecule has 11 heteroatoms. The van der Waals surface area contributed by atoms with Crippen LogP contribution in [0.5, 0.6) is 0 Å². The molecule has 8 N–H and O–H groups in total. The van der Waals surface area contributed by atoms with Crippen LogP contribution < -0.4 is 34.9 Å². The quantitative estimate of drug-likeness (QED) is 0.147. The molecule has 0 aliphatic carbocycles. The average Bonchev–Trinajstić information content (AvgIpc) is 2.50. The second-order valence-corrected chi connectivity index (χ2v) is 4.10. The van der Waals surface area contributed by atoms with Crippen LogP contribution in [0.4, 0.5) is 0 Å². The van der Waals surface area contributed by atoms with Crippen LogP contribution in [0.1, 0.15) is 6.42 Å². The Kier molecular flexibility index (Phi) is 28.8. The van der Waals surface area contributed by atoms with Crippen molar-refractivity contribution in [2.45, 2.75) is 6.42 Å². The number of hydrogen-bond acceptors (Lipinski definition) is 8. The molecule has 0 aliphatic heterocycles. The summed E-state index contributed by atoms with van der Waals surface area (Å²) in [5, 5.41) is 59.9. The number of aliphatic carboxylic acids is 2. The van der Waals surface area contributed by atoms with Crippen LogP contribution in [0.3, 0.4) is 0 Å². The predicted molar refractivity (Wildman–Crippen MR) is 76.0 cm³/mol. The van der Waals surface area contributed by atoms with Gasteiger partial charge in [-0.1, -0.05) is 0 Å². The summed E-state index contributed by atoms with van der Waals surface area (Å²) < 4.78 is 0. The largest absolute Gasteiger partial charge is 1.00 e. The molecule has 0 rings (SSSR count). The Morgan fingerprint density at radius 3 is 1.17 bits per heavy atom. The molecule has 0 aromatic rings. The van der Waals surface area contributed by atoms with Gasteiger partial charge in [-0.2, -0.15) is 6.42 Å². The van der Waals surface area contributed by atoms with Crippen molar-refractivity contribution >= 4 is 11.9 Å². The number of carboxylic acid groups (broad SMARTS) is 2. The zero-order valence-electron chi connectivity index (χ0n) is 13.3. The van der Waals surface area contributed by atoms with Crippen molar-refractivity contribution in [1.29, 1.82) is 0 Å². The van der Waals surface area contributed by atoms with Crippen molar-refractivity contribution < 1.29 is 74.9 Å². The van der Waals surface area contributed by atoms with Gasteiger partial charge in [0.2, 0.25) is 0 Å². The Balaban J connectivity index is -0.000000124. The first-order valence-corrected chi connectivity index (χ1v) is 6.27. The van der Waals surface area contributed by atoms with E-state index in [1.165, 1.54) is 0 Å². The van der Waals surface area contributed by atoms with Crippen molar-refractivity contribution in [1.82, 2.24) is 5.32 Å². The molecule has 0 atom stereocenters. The summed E-state index contributed by atoms with van der Waals surface area (Å²) in [6.07, 6.45) is 0.625. The number of aliphatic hydroxyl groups excluding tert-OH is 5. The van der Waals surface area contributed by atoms with Crippen LogP contribution in [0.2, 0.25) is 0 Å². The maximum absolute atomic E-state index is 9.73. The first-order valence-electron chi connectivity index (χ1n) is 6.27. The molecule has 0 unspecified atom stereocenters. The van der Waals surface area contributed by atoms with Crippen LogP contribution >= 0.6 is 0 Å². The first-order chi connectivity index (χ1) is 10.3. The Bertz CT molecular complexity index is 242. The summed E-state index contributed by atoms with van der Waals surface area (Å²) in [6, 6.07) is 0. The summed E-state index contributed by atoms with van der Waals surface area (Å²) in [5.41, 5.74) is -1.11. The van der Waals surface area contributed by atoms with Crippen molar-refractivity contribution in [3.8, 4) is 0 Å². The van der Waals surface area contributed by atoms with Crippen molar-refractivity contribution in [3.05, 3.63) is 6.92 Å². The molecule has 0 spiro atoms. The minimum atomic E-state index is -1.11. The van der Waals surface area contributed by atoms with E-state index in [4.69, 9.17) is 35.7 Å². The minimum Gasteiger partial charge on any atom is -0.480 e. The molecule has 0 fully saturated rings. The van der Waals surface area contributed by atoms with Gasteiger partial charge in [-0.05, 0) is 0 Å². The summed E-state index contributed by atoms with van der Waals surface area (Å²) in [6.45, 7) is 1.31. The molecule has 0 amide bonds. The number of carboxylic acids is 2. The summed E-state index contributed by atoms with van der Waals surface area (Å²) in [5.74, 6) is -2.12. The maximum Gasteiger partial charge on any atom is 1.00 e. The van der Waals surface area contributed by atoms with E-state index in [-0.39, 0.29) is 49.3 Å².